The Bertz CT molecular complexity index is 534. The summed E-state index contributed by atoms with van der Waals surface area (Å²) in [6.07, 6.45) is 0.705. The summed E-state index contributed by atoms with van der Waals surface area (Å²) in [6, 6.07) is -0.661. The molecule has 1 unspecified atom stereocenters. The van der Waals surface area contributed by atoms with Crippen molar-refractivity contribution in [1.82, 2.24) is 9.96 Å². The van der Waals surface area contributed by atoms with Crippen molar-refractivity contribution in [2.75, 3.05) is 13.1 Å². The van der Waals surface area contributed by atoms with Gasteiger partial charge in [-0.05, 0) is 54.0 Å². The summed E-state index contributed by atoms with van der Waals surface area (Å²) in [6.45, 7) is 12.8. The van der Waals surface area contributed by atoms with E-state index in [0.29, 0.717) is 11.6 Å². The van der Waals surface area contributed by atoms with Crippen LogP contribution < -0.4 is 5.73 Å². The van der Waals surface area contributed by atoms with Crippen LogP contribution in [0.3, 0.4) is 0 Å². The molecule has 1 atom stereocenters. The number of carbonyl (C=O) groups is 3. The van der Waals surface area contributed by atoms with Gasteiger partial charge in [-0.3, -0.25) is 10.0 Å². The van der Waals surface area contributed by atoms with Gasteiger partial charge in [-0.2, -0.15) is 5.06 Å². The molecule has 0 saturated carbocycles. The van der Waals surface area contributed by atoms with Crippen molar-refractivity contribution in [2.24, 2.45) is 5.73 Å². The Labute approximate surface area is 154 Å². The maximum Gasteiger partial charge on any atom is 0.434 e. The average molecular weight is 373 g/mol. The molecule has 0 fully saturated rings. The maximum absolute atomic E-state index is 12.1. The minimum absolute atomic E-state index is 0.146. The Morgan fingerprint density at radius 3 is 2.12 bits per heavy atom. The third-order valence-electron chi connectivity index (χ3n) is 3.08. The Kier molecular flexibility index (Phi) is 8.59. The molecular weight excluding hydrogens is 342 g/mol. The van der Waals surface area contributed by atoms with Gasteiger partial charge in [0, 0.05) is 6.54 Å². The molecule has 0 aromatic heterocycles. The van der Waals surface area contributed by atoms with Crippen LogP contribution in [0.15, 0.2) is 11.6 Å². The Morgan fingerprint density at radius 2 is 1.69 bits per heavy atom. The maximum atomic E-state index is 12.1. The molecule has 0 saturated heterocycles. The van der Waals surface area contributed by atoms with Gasteiger partial charge in [0.05, 0.1) is 6.54 Å². The van der Waals surface area contributed by atoms with Crippen LogP contribution in [0.1, 0.15) is 48.5 Å². The van der Waals surface area contributed by atoms with Gasteiger partial charge in [0.25, 0.3) is 0 Å². The van der Waals surface area contributed by atoms with E-state index >= 15 is 0 Å². The lowest BCUT2D eigenvalue weighted by Crippen LogP contribution is -2.52. The van der Waals surface area contributed by atoms with Gasteiger partial charge in [-0.15, -0.1) is 0 Å². The largest absolute Gasteiger partial charge is 0.444 e. The summed E-state index contributed by atoms with van der Waals surface area (Å²) in [7, 11) is 0. The molecule has 3 N–H and O–H groups in total. The van der Waals surface area contributed by atoms with E-state index in [1.54, 1.807) is 54.5 Å². The quantitative estimate of drug-likeness (QED) is 0.315. The molecule has 1 aliphatic rings. The van der Waals surface area contributed by atoms with Gasteiger partial charge in [0.1, 0.15) is 17.2 Å². The summed E-state index contributed by atoms with van der Waals surface area (Å²) >= 11 is 0. The number of hydrogen-bond acceptors (Lipinski definition) is 6. The van der Waals surface area contributed by atoms with Gasteiger partial charge < -0.3 is 20.1 Å². The molecular formula is C17H31N3O6. The molecule has 1 heterocycles. The van der Waals surface area contributed by atoms with E-state index in [-0.39, 0.29) is 13.0 Å². The predicted molar refractivity (Wildman–Crippen MR) is 95.5 cm³/mol. The van der Waals surface area contributed by atoms with E-state index in [1.165, 1.54) is 4.90 Å². The van der Waals surface area contributed by atoms with Crippen molar-refractivity contribution >= 4 is 18.6 Å². The molecule has 0 aliphatic carbocycles. The zero-order valence-electron chi connectivity index (χ0n) is 16.6. The molecule has 0 radical (unpaired) electrons. The van der Waals surface area contributed by atoms with Crippen LogP contribution >= 0.6 is 0 Å². The van der Waals surface area contributed by atoms with Crippen molar-refractivity contribution in [3.8, 4) is 0 Å². The zero-order valence-corrected chi connectivity index (χ0v) is 16.6. The highest BCUT2D eigenvalue weighted by Crippen LogP contribution is 2.20. The molecule has 1 aliphatic heterocycles. The van der Waals surface area contributed by atoms with Crippen molar-refractivity contribution in [3.05, 3.63) is 11.6 Å². The average Bonchev–Trinajstić information content (AvgIpc) is 2.44. The summed E-state index contributed by atoms with van der Waals surface area (Å²) in [5, 5.41) is 10.7. The molecule has 9 nitrogen and oxygen atoms in total. The van der Waals surface area contributed by atoms with Crippen LogP contribution in [0, 0.1) is 0 Å². The van der Waals surface area contributed by atoms with Crippen LogP contribution in [0.4, 0.5) is 9.59 Å². The topological polar surface area (TPSA) is 122 Å². The smallest absolute Gasteiger partial charge is 0.434 e. The number of carbonyl (C=O) groups excluding carboxylic acids is 3. The van der Waals surface area contributed by atoms with E-state index in [4.69, 9.17) is 14.3 Å². The van der Waals surface area contributed by atoms with E-state index in [1.807, 2.05) is 0 Å². The normalized spacial score (nSPS) is 17.3. The number of hydrogen-bond donors (Lipinski definition) is 2. The van der Waals surface area contributed by atoms with Gasteiger partial charge >= 0.3 is 12.2 Å². The van der Waals surface area contributed by atoms with Crippen molar-refractivity contribution in [3.63, 3.8) is 0 Å². The lowest BCUT2D eigenvalue weighted by Gasteiger charge is -2.36. The van der Waals surface area contributed by atoms with E-state index in [2.05, 4.69) is 5.73 Å². The van der Waals surface area contributed by atoms with Crippen molar-refractivity contribution in [1.29, 1.82) is 0 Å². The van der Waals surface area contributed by atoms with Gasteiger partial charge in [0.15, 0.2) is 0 Å². The molecule has 0 aromatic carbocycles. The molecule has 0 spiro atoms. The second kappa shape index (κ2) is 9.42. The number of ether oxygens (including phenoxy) is 2. The second-order valence-electron chi connectivity index (χ2n) is 7.81. The van der Waals surface area contributed by atoms with Crippen LogP contribution in [0.2, 0.25) is 0 Å². The summed E-state index contributed by atoms with van der Waals surface area (Å²) in [4.78, 5) is 34.2. The van der Waals surface area contributed by atoms with Crippen LogP contribution in [0.5, 0.6) is 0 Å². The fourth-order valence-electron chi connectivity index (χ4n) is 2.00. The van der Waals surface area contributed by atoms with Crippen LogP contribution in [0.25, 0.3) is 0 Å². The first kappa shape index (κ1) is 23.7. The first-order valence-electron chi connectivity index (χ1n) is 8.23. The SMILES string of the molecule is CC1=CCN(C(=O)OC(C)(C)C)CC1N(O)C(=O)OC(C)(C)C.NC=O. The second-order valence-corrected chi connectivity index (χ2v) is 7.81. The highest BCUT2D eigenvalue weighted by molar-refractivity contribution is 5.70. The minimum Gasteiger partial charge on any atom is -0.444 e. The number of rotatable bonds is 1. The summed E-state index contributed by atoms with van der Waals surface area (Å²) in [5.74, 6) is 0. The summed E-state index contributed by atoms with van der Waals surface area (Å²) < 4.78 is 10.5. The molecule has 150 valence electrons. The molecule has 26 heavy (non-hydrogen) atoms. The molecule has 1 rings (SSSR count). The number of primary amides is 1. The van der Waals surface area contributed by atoms with Crippen molar-refractivity contribution < 1.29 is 29.1 Å². The standard InChI is InChI=1S/C16H28N2O5.CH3NO/c1-11-8-9-17(13(19)22-15(2,3)4)10-12(11)18(21)14(20)23-16(5,6)7;2-1-3/h8,12,21H,9-10H2,1-7H3;1H,(H2,2,3). The van der Waals surface area contributed by atoms with Crippen molar-refractivity contribution in [2.45, 2.75) is 65.7 Å². The molecule has 0 aromatic rings. The van der Waals surface area contributed by atoms with Crippen LogP contribution in [-0.2, 0) is 14.3 Å². The van der Waals surface area contributed by atoms with Gasteiger partial charge in [0.2, 0.25) is 6.41 Å². The third kappa shape index (κ3) is 8.70. The Morgan fingerprint density at radius 1 is 1.23 bits per heavy atom. The number of amides is 3. The first-order valence-corrected chi connectivity index (χ1v) is 8.23. The molecule has 3 amide bonds. The van der Waals surface area contributed by atoms with E-state index < -0.39 is 29.4 Å². The third-order valence-corrected chi connectivity index (χ3v) is 3.08. The minimum atomic E-state index is -0.846. The highest BCUT2D eigenvalue weighted by atomic mass is 16.6. The molecule has 9 heteroatoms. The molecule has 0 bridgehead atoms. The fraction of sp³-hybridized carbons (Fsp3) is 0.706. The Hall–Kier alpha value is -2.29. The van der Waals surface area contributed by atoms with Crippen LogP contribution in [-0.4, -0.2) is 64.1 Å². The highest BCUT2D eigenvalue weighted by Gasteiger charge is 2.34. The number of nitrogens with zero attached hydrogens (tertiary/aromatic N) is 2. The number of nitrogens with two attached hydrogens (primary N) is 1. The Balaban J connectivity index is 0.00000194. The van der Waals surface area contributed by atoms with E-state index in [9.17, 15) is 14.8 Å². The fourth-order valence-corrected chi connectivity index (χ4v) is 2.00. The van der Waals surface area contributed by atoms with E-state index in [0.717, 1.165) is 5.57 Å². The zero-order chi connectivity index (χ0) is 20.7. The monoisotopic (exact) mass is 373 g/mol. The van der Waals surface area contributed by atoms with Gasteiger partial charge in [-0.25, -0.2) is 9.59 Å². The lowest BCUT2D eigenvalue weighted by atomic mass is 10.0. The van der Waals surface area contributed by atoms with Gasteiger partial charge in [-0.1, -0.05) is 6.08 Å². The number of hydroxylamine groups is 2. The lowest BCUT2D eigenvalue weighted by molar-refractivity contribution is -0.117. The predicted octanol–water partition coefficient (Wildman–Crippen LogP) is 2.28. The first-order chi connectivity index (χ1) is 11.7. The summed E-state index contributed by atoms with van der Waals surface area (Å²) in [5.41, 5.74) is 3.64.